The second kappa shape index (κ2) is 7.25. The van der Waals surface area contributed by atoms with Gasteiger partial charge in [0.25, 0.3) is 5.91 Å². The molecule has 7 heteroatoms. The average molecular weight is 406 g/mol. The summed E-state index contributed by atoms with van der Waals surface area (Å²) in [6.45, 7) is 3.65. The minimum Gasteiger partial charge on any atom is -0.497 e. The molecule has 1 aliphatic rings. The quantitative estimate of drug-likeness (QED) is 0.512. The van der Waals surface area contributed by atoms with E-state index in [4.69, 9.17) is 14.6 Å². The molecule has 0 atom stereocenters. The van der Waals surface area contributed by atoms with Crippen LogP contribution in [-0.4, -0.2) is 18.2 Å². The number of nitrogens with zero attached hydrogens (tertiary/aromatic N) is 1. The fourth-order valence-corrected chi connectivity index (χ4v) is 4.11. The highest BCUT2D eigenvalue weighted by Crippen LogP contribution is 2.38. The molecule has 1 amide bonds. The number of thioether (sulfide) groups is 1. The number of aryl methyl sites for hydroxylation is 2. The monoisotopic (exact) mass is 406 g/mol. The number of anilines is 1. The number of fused-ring (bicyclic) bond motifs is 1. The molecule has 146 valence electrons. The summed E-state index contributed by atoms with van der Waals surface area (Å²) < 4.78 is 10.4. The van der Waals surface area contributed by atoms with Crippen LogP contribution in [0.5, 0.6) is 5.75 Å². The normalized spacial score (nSPS) is 15.6. The van der Waals surface area contributed by atoms with Gasteiger partial charge in [-0.1, -0.05) is 12.1 Å². The van der Waals surface area contributed by atoms with Crippen LogP contribution in [0, 0.1) is 19.3 Å². The van der Waals surface area contributed by atoms with Gasteiger partial charge in [-0.2, -0.15) is 0 Å². The van der Waals surface area contributed by atoms with Crippen molar-refractivity contribution < 1.29 is 13.9 Å². The van der Waals surface area contributed by atoms with E-state index in [-0.39, 0.29) is 11.1 Å². The van der Waals surface area contributed by atoms with Crippen molar-refractivity contribution in [3.05, 3.63) is 74.5 Å². The van der Waals surface area contributed by atoms with Crippen LogP contribution >= 0.6 is 11.8 Å². The van der Waals surface area contributed by atoms with Gasteiger partial charge >= 0.3 is 5.63 Å². The van der Waals surface area contributed by atoms with E-state index >= 15 is 0 Å². The van der Waals surface area contributed by atoms with Crippen molar-refractivity contribution in [2.24, 2.45) is 0 Å². The van der Waals surface area contributed by atoms with Crippen LogP contribution in [0.15, 0.2) is 56.6 Å². The van der Waals surface area contributed by atoms with Crippen LogP contribution in [-0.2, 0) is 4.79 Å². The summed E-state index contributed by atoms with van der Waals surface area (Å²) in [5, 5.41) is 9.23. The van der Waals surface area contributed by atoms with E-state index in [1.165, 1.54) is 11.0 Å². The Hall–Kier alpha value is -3.32. The third kappa shape index (κ3) is 3.45. The number of ether oxygens (including phenoxy) is 1. The van der Waals surface area contributed by atoms with Crippen LogP contribution in [0.4, 0.5) is 5.69 Å². The van der Waals surface area contributed by atoms with Gasteiger partial charge in [0.1, 0.15) is 11.3 Å². The Labute approximate surface area is 171 Å². The van der Waals surface area contributed by atoms with Crippen molar-refractivity contribution in [3.8, 4) is 5.75 Å². The molecule has 29 heavy (non-hydrogen) atoms. The van der Waals surface area contributed by atoms with Crippen molar-refractivity contribution in [1.29, 1.82) is 5.41 Å². The first-order chi connectivity index (χ1) is 13.9. The molecule has 0 unspecified atom stereocenters. The summed E-state index contributed by atoms with van der Waals surface area (Å²) in [7, 11) is 1.60. The molecule has 6 nitrogen and oxygen atoms in total. The Bertz CT molecular complexity index is 1240. The largest absolute Gasteiger partial charge is 0.497 e. The summed E-state index contributed by atoms with van der Waals surface area (Å²) in [4.78, 5) is 26.6. The van der Waals surface area contributed by atoms with Gasteiger partial charge in [0.15, 0.2) is 5.17 Å². The number of amides is 1. The van der Waals surface area contributed by atoms with Gasteiger partial charge in [-0.05, 0) is 72.6 Å². The van der Waals surface area contributed by atoms with Crippen LogP contribution in [0.3, 0.4) is 0 Å². The zero-order valence-electron chi connectivity index (χ0n) is 16.1. The summed E-state index contributed by atoms with van der Waals surface area (Å²) in [5.41, 5.74) is 3.02. The summed E-state index contributed by atoms with van der Waals surface area (Å²) in [5.74, 6) is 0.481. The molecular weight excluding hydrogens is 388 g/mol. The molecule has 4 rings (SSSR count). The van der Waals surface area contributed by atoms with Gasteiger partial charge in [-0.15, -0.1) is 0 Å². The van der Waals surface area contributed by atoms with Crippen LogP contribution < -0.4 is 15.3 Å². The van der Waals surface area contributed by atoms with Gasteiger partial charge in [0, 0.05) is 11.5 Å². The fraction of sp³-hybridized carbons (Fsp3) is 0.136. The van der Waals surface area contributed by atoms with Crippen LogP contribution in [0.25, 0.3) is 17.0 Å². The predicted molar refractivity (Wildman–Crippen MR) is 116 cm³/mol. The fourth-order valence-electron chi connectivity index (χ4n) is 3.25. The zero-order chi connectivity index (χ0) is 20.7. The van der Waals surface area contributed by atoms with Crippen LogP contribution in [0.1, 0.15) is 16.7 Å². The molecule has 2 aromatic carbocycles. The Balaban J connectivity index is 1.74. The second-order valence-electron chi connectivity index (χ2n) is 6.71. The summed E-state index contributed by atoms with van der Waals surface area (Å²) >= 11 is 1.12. The number of amidine groups is 1. The van der Waals surface area contributed by atoms with E-state index in [0.29, 0.717) is 16.2 Å². The second-order valence-corrected chi connectivity index (χ2v) is 7.74. The molecule has 3 aromatic rings. The molecule has 0 saturated carbocycles. The number of hydrogen-bond donors (Lipinski definition) is 1. The lowest BCUT2D eigenvalue weighted by Gasteiger charge is -2.18. The lowest BCUT2D eigenvalue weighted by molar-refractivity contribution is -0.113. The number of methoxy groups -OCH3 is 1. The zero-order valence-corrected chi connectivity index (χ0v) is 16.9. The molecule has 0 bridgehead atoms. The highest BCUT2D eigenvalue weighted by molar-refractivity contribution is 8.19. The van der Waals surface area contributed by atoms with Gasteiger partial charge in [0.05, 0.1) is 17.7 Å². The standard InChI is InChI=1S/C22H18N2O4S/c1-12-9-20(25)28-18-8-13(2)17(11-16(12)18)24-21(26)19(29-22(24)23)10-14-4-6-15(27-3)7-5-14/h4-11,23H,1-3H3/b19-10-,23-22?. The first kappa shape index (κ1) is 19.0. The lowest BCUT2D eigenvalue weighted by atomic mass is 10.1. The molecule has 2 heterocycles. The van der Waals surface area contributed by atoms with Gasteiger partial charge in [0.2, 0.25) is 0 Å². The van der Waals surface area contributed by atoms with Gasteiger partial charge in [-0.3, -0.25) is 15.1 Å². The Kier molecular flexibility index (Phi) is 4.76. The summed E-state index contributed by atoms with van der Waals surface area (Å²) in [6.07, 6.45) is 1.77. The van der Waals surface area contributed by atoms with Crippen molar-refractivity contribution in [2.45, 2.75) is 13.8 Å². The smallest absolute Gasteiger partial charge is 0.336 e. The number of nitrogens with one attached hydrogen (secondary N) is 1. The number of rotatable bonds is 3. The summed E-state index contributed by atoms with van der Waals surface area (Å²) in [6, 6.07) is 12.3. The Morgan fingerprint density at radius 1 is 1.07 bits per heavy atom. The minimum absolute atomic E-state index is 0.132. The lowest BCUT2D eigenvalue weighted by Crippen LogP contribution is -2.28. The van der Waals surface area contributed by atoms with Crippen molar-refractivity contribution in [2.75, 3.05) is 12.0 Å². The minimum atomic E-state index is -0.410. The first-order valence-corrected chi connectivity index (χ1v) is 9.71. The SMILES string of the molecule is COc1ccc(/C=C2\SC(=N)N(c3cc4c(C)cc(=O)oc4cc3C)C2=O)cc1. The molecule has 1 N–H and O–H groups in total. The van der Waals surface area contributed by atoms with E-state index in [1.54, 1.807) is 25.3 Å². The third-order valence-electron chi connectivity index (χ3n) is 4.75. The van der Waals surface area contributed by atoms with Crippen molar-refractivity contribution in [3.63, 3.8) is 0 Å². The van der Waals surface area contributed by atoms with Gasteiger partial charge in [-0.25, -0.2) is 4.79 Å². The Morgan fingerprint density at radius 2 is 1.79 bits per heavy atom. The maximum atomic E-state index is 13.1. The molecule has 0 radical (unpaired) electrons. The highest BCUT2D eigenvalue weighted by atomic mass is 32.2. The van der Waals surface area contributed by atoms with E-state index in [2.05, 4.69) is 0 Å². The third-order valence-corrected chi connectivity index (χ3v) is 5.63. The Morgan fingerprint density at radius 3 is 2.48 bits per heavy atom. The first-order valence-electron chi connectivity index (χ1n) is 8.89. The van der Waals surface area contributed by atoms with Crippen molar-refractivity contribution in [1.82, 2.24) is 0 Å². The molecule has 1 aliphatic heterocycles. The molecule has 1 saturated heterocycles. The molecule has 0 aliphatic carbocycles. The van der Waals surface area contributed by atoms with E-state index in [0.717, 1.165) is 39.6 Å². The number of benzene rings is 2. The maximum Gasteiger partial charge on any atom is 0.336 e. The average Bonchev–Trinajstić information content (AvgIpc) is 2.95. The molecule has 0 spiro atoms. The topological polar surface area (TPSA) is 83.6 Å². The highest BCUT2D eigenvalue weighted by Gasteiger charge is 2.34. The number of carbonyl (C=O) groups excluding carboxylic acids is 1. The molecule has 1 aromatic heterocycles. The van der Waals surface area contributed by atoms with Crippen LogP contribution in [0.2, 0.25) is 0 Å². The number of hydrogen-bond acceptors (Lipinski definition) is 6. The van der Waals surface area contributed by atoms with Crippen molar-refractivity contribution >= 4 is 45.6 Å². The van der Waals surface area contributed by atoms with Gasteiger partial charge < -0.3 is 9.15 Å². The molecule has 1 fully saturated rings. The predicted octanol–water partition coefficient (Wildman–Crippen LogP) is 4.47. The van der Waals surface area contributed by atoms with E-state index in [9.17, 15) is 9.59 Å². The maximum absolute atomic E-state index is 13.1. The van der Waals surface area contributed by atoms with E-state index < -0.39 is 5.63 Å². The molecular formula is C22H18N2O4S. The number of carbonyl (C=O) groups is 1. The van der Waals surface area contributed by atoms with E-state index in [1.807, 2.05) is 38.1 Å².